The van der Waals surface area contributed by atoms with E-state index in [1.165, 1.54) is 38.0 Å². The van der Waals surface area contributed by atoms with Crippen molar-refractivity contribution >= 4 is 41.3 Å². The Balaban J connectivity index is 0.00000312. The second-order valence-electron chi connectivity index (χ2n) is 6.91. The number of piperidine rings is 1. The molecule has 1 atom stereocenters. The first kappa shape index (κ1) is 22.6. The minimum absolute atomic E-state index is 0. The molecule has 25 heavy (non-hydrogen) atoms. The van der Waals surface area contributed by atoms with Crippen LogP contribution in [0, 0.1) is 0 Å². The van der Waals surface area contributed by atoms with Crippen molar-refractivity contribution < 1.29 is 0 Å². The third-order valence-electron chi connectivity index (χ3n) is 4.65. The lowest BCUT2D eigenvalue weighted by Gasteiger charge is -2.33. The molecule has 2 heterocycles. The Labute approximate surface area is 174 Å². The lowest BCUT2D eigenvalue weighted by molar-refractivity contribution is 0.159. The molecule has 1 aliphatic heterocycles. The van der Waals surface area contributed by atoms with Crippen LogP contribution in [0.1, 0.15) is 63.1 Å². The van der Waals surface area contributed by atoms with Gasteiger partial charge < -0.3 is 15.5 Å². The highest BCUT2D eigenvalue weighted by Crippen LogP contribution is 2.17. The molecule has 1 fully saturated rings. The first-order valence-corrected chi connectivity index (χ1v) is 10.1. The van der Waals surface area contributed by atoms with Crippen LogP contribution in [0.2, 0.25) is 0 Å². The number of hydrogen-bond donors (Lipinski definition) is 2. The van der Waals surface area contributed by atoms with Gasteiger partial charge in [0.05, 0.1) is 12.2 Å². The van der Waals surface area contributed by atoms with E-state index in [4.69, 9.17) is 0 Å². The molecule has 0 aliphatic carbocycles. The highest BCUT2D eigenvalue weighted by molar-refractivity contribution is 14.0. The Morgan fingerprint density at radius 1 is 1.40 bits per heavy atom. The molecular formula is C18H34IN5S. The predicted molar refractivity (Wildman–Crippen MR) is 119 cm³/mol. The molecule has 0 radical (unpaired) electrons. The fourth-order valence-electron chi connectivity index (χ4n) is 3.03. The topological polar surface area (TPSA) is 52.6 Å². The smallest absolute Gasteiger partial charge is 0.191 e. The molecule has 0 bridgehead atoms. The fraction of sp³-hybridized carbons (Fsp3) is 0.778. The number of likely N-dealkylation sites (tertiary alicyclic amines) is 1. The van der Waals surface area contributed by atoms with Gasteiger partial charge in [-0.15, -0.1) is 35.3 Å². The summed E-state index contributed by atoms with van der Waals surface area (Å²) in [6.45, 7) is 10.8. The van der Waals surface area contributed by atoms with E-state index in [-0.39, 0.29) is 24.0 Å². The van der Waals surface area contributed by atoms with Gasteiger partial charge in [0.25, 0.3) is 0 Å². The summed E-state index contributed by atoms with van der Waals surface area (Å²) < 4.78 is 0. The van der Waals surface area contributed by atoms with Gasteiger partial charge >= 0.3 is 0 Å². The molecule has 2 N–H and O–H groups in total. The van der Waals surface area contributed by atoms with Gasteiger partial charge in [0, 0.05) is 31.6 Å². The van der Waals surface area contributed by atoms with Crippen LogP contribution in [0.15, 0.2) is 10.4 Å². The summed E-state index contributed by atoms with van der Waals surface area (Å²) in [6, 6.07) is 0.747. The van der Waals surface area contributed by atoms with Gasteiger partial charge in [0.1, 0.15) is 5.01 Å². The van der Waals surface area contributed by atoms with Crippen molar-refractivity contribution in [3.63, 3.8) is 0 Å². The van der Waals surface area contributed by atoms with Crippen molar-refractivity contribution in [2.75, 3.05) is 26.7 Å². The minimum Gasteiger partial charge on any atom is -0.356 e. The molecule has 0 aromatic carbocycles. The van der Waals surface area contributed by atoms with Crippen LogP contribution in [-0.2, 0) is 6.54 Å². The summed E-state index contributed by atoms with van der Waals surface area (Å²) in [5.74, 6) is 1.35. The first-order valence-electron chi connectivity index (χ1n) is 9.23. The van der Waals surface area contributed by atoms with Crippen LogP contribution in [0.3, 0.4) is 0 Å². The molecule has 1 aromatic heterocycles. The van der Waals surface area contributed by atoms with Crippen LogP contribution < -0.4 is 10.6 Å². The molecule has 5 nitrogen and oxygen atoms in total. The maximum Gasteiger partial charge on any atom is 0.191 e. The predicted octanol–water partition coefficient (Wildman–Crippen LogP) is 3.81. The number of aromatic nitrogens is 1. The lowest BCUT2D eigenvalue weighted by Crippen LogP contribution is -2.41. The Morgan fingerprint density at radius 3 is 2.84 bits per heavy atom. The van der Waals surface area contributed by atoms with E-state index in [1.807, 2.05) is 7.05 Å². The summed E-state index contributed by atoms with van der Waals surface area (Å²) in [6.07, 6.45) is 5.25. The van der Waals surface area contributed by atoms with Gasteiger partial charge in [-0.2, -0.15) is 0 Å². The van der Waals surface area contributed by atoms with Gasteiger partial charge in [-0.3, -0.25) is 4.99 Å². The second-order valence-corrected chi connectivity index (χ2v) is 7.85. The van der Waals surface area contributed by atoms with Crippen LogP contribution in [0.4, 0.5) is 0 Å². The SMILES string of the molecule is CN=C(NCCCN1CCCCC1C)NCc1nc(C(C)C)cs1.I. The van der Waals surface area contributed by atoms with E-state index in [0.29, 0.717) is 5.92 Å². The maximum absolute atomic E-state index is 4.65. The van der Waals surface area contributed by atoms with E-state index in [2.05, 4.69) is 51.7 Å². The summed E-state index contributed by atoms with van der Waals surface area (Å²) >= 11 is 1.71. The lowest BCUT2D eigenvalue weighted by atomic mass is 10.0. The molecule has 2 rings (SSSR count). The molecule has 0 saturated carbocycles. The molecule has 1 saturated heterocycles. The number of thiazole rings is 1. The van der Waals surface area contributed by atoms with E-state index in [9.17, 15) is 0 Å². The summed E-state index contributed by atoms with van der Waals surface area (Å²) in [5.41, 5.74) is 1.18. The second kappa shape index (κ2) is 12.1. The van der Waals surface area contributed by atoms with Crippen molar-refractivity contribution in [2.24, 2.45) is 4.99 Å². The van der Waals surface area contributed by atoms with Gasteiger partial charge in [0.15, 0.2) is 5.96 Å². The quantitative estimate of drug-likeness (QED) is 0.270. The van der Waals surface area contributed by atoms with Gasteiger partial charge in [-0.05, 0) is 38.6 Å². The zero-order chi connectivity index (χ0) is 17.4. The zero-order valence-corrected chi connectivity index (χ0v) is 19.2. The Morgan fingerprint density at radius 2 is 2.20 bits per heavy atom. The van der Waals surface area contributed by atoms with E-state index < -0.39 is 0 Å². The molecule has 0 spiro atoms. The summed E-state index contributed by atoms with van der Waals surface area (Å²) in [7, 11) is 1.82. The normalized spacial score (nSPS) is 18.9. The van der Waals surface area contributed by atoms with Crippen LogP contribution in [0.5, 0.6) is 0 Å². The van der Waals surface area contributed by atoms with Gasteiger partial charge in [-0.25, -0.2) is 4.98 Å². The minimum atomic E-state index is 0. The average molecular weight is 479 g/mol. The number of nitrogens with one attached hydrogen (secondary N) is 2. The molecule has 0 amide bonds. The van der Waals surface area contributed by atoms with E-state index in [1.54, 1.807) is 11.3 Å². The number of guanidine groups is 1. The molecule has 7 heteroatoms. The molecule has 144 valence electrons. The number of hydrogen-bond acceptors (Lipinski definition) is 4. The Hall–Kier alpha value is -0.410. The fourth-order valence-corrected chi connectivity index (χ4v) is 3.93. The molecule has 1 unspecified atom stereocenters. The highest BCUT2D eigenvalue weighted by Gasteiger charge is 2.17. The monoisotopic (exact) mass is 479 g/mol. The van der Waals surface area contributed by atoms with Gasteiger partial charge in [-0.1, -0.05) is 20.3 Å². The molecule has 1 aromatic rings. The molecular weight excluding hydrogens is 445 g/mol. The molecule has 1 aliphatic rings. The number of rotatable bonds is 7. The van der Waals surface area contributed by atoms with E-state index >= 15 is 0 Å². The van der Waals surface area contributed by atoms with Crippen LogP contribution >= 0.6 is 35.3 Å². The van der Waals surface area contributed by atoms with Crippen molar-refractivity contribution in [1.82, 2.24) is 20.5 Å². The summed E-state index contributed by atoms with van der Waals surface area (Å²) in [5, 5.41) is 10.0. The number of aliphatic imine (C=N–C) groups is 1. The standard InChI is InChI=1S/C18H33N5S.HI/c1-14(2)16-13-24-17(22-16)12-21-18(19-4)20-9-7-11-23-10-6-5-8-15(23)3;/h13-15H,5-12H2,1-4H3,(H2,19,20,21);1H. The Bertz CT molecular complexity index is 517. The van der Waals surface area contributed by atoms with Crippen molar-refractivity contribution in [3.05, 3.63) is 16.1 Å². The average Bonchev–Trinajstić information content (AvgIpc) is 3.05. The van der Waals surface area contributed by atoms with Crippen molar-refractivity contribution in [3.8, 4) is 0 Å². The van der Waals surface area contributed by atoms with Gasteiger partial charge in [0.2, 0.25) is 0 Å². The highest BCUT2D eigenvalue weighted by atomic mass is 127. The number of nitrogens with zero attached hydrogens (tertiary/aromatic N) is 3. The third-order valence-corrected chi connectivity index (χ3v) is 5.51. The Kier molecular flexibility index (Phi) is 10.9. The van der Waals surface area contributed by atoms with E-state index in [0.717, 1.165) is 36.5 Å². The van der Waals surface area contributed by atoms with Crippen LogP contribution in [-0.4, -0.2) is 48.6 Å². The zero-order valence-electron chi connectivity index (χ0n) is 16.0. The maximum atomic E-state index is 4.65. The van der Waals surface area contributed by atoms with Crippen molar-refractivity contribution in [2.45, 2.75) is 65.0 Å². The van der Waals surface area contributed by atoms with Crippen LogP contribution in [0.25, 0.3) is 0 Å². The van der Waals surface area contributed by atoms with Crippen molar-refractivity contribution in [1.29, 1.82) is 0 Å². The first-order chi connectivity index (χ1) is 11.6. The summed E-state index contributed by atoms with van der Waals surface area (Å²) in [4.78, 5) is 11.6. The third kappa shape index (κ3) is 7.78. The largest absolute Gasteiger partial charge is 0.356 e. The number of halogens is 1.